The van der Waals surface area contributed by atoms with E-state index in [0.717, 1.165) is 12.8 Å². The van der Waals surface area contributed by atoms with Crippen LogP contribution in [0.3, 0.4) is 0 Å². The lowest BCUT2D eigenvalue weighted by atomic mass is 9.70. The number of hydrogen-bond acceptors (Lipinski definition) is 7. The standard InChI is InChI=1S/C18H21NO3.C14H13NO3/c1-3-21-17(16(12-19)18(20)22-4-2)15-10-14(11-15)13-8-6-5-7-9-13;15-8-12(14(17)18)13(16)11-6-10(7-11)9-4-2-1-3-5-9/h5-9,14-15H,3-4,10-11H2,1-2H3;1-5,10-11,16H,6-7H2,(H,17,18). The van der Waals surface area contributed by atoms with E-state index in [4.69, 9.17) is 19.8 Å². The topological polar surface area (TPSA) is 141 Å². The van der Waals surface area contributed by atoms with E-state index in [0.29, 0.717) is 37.0 Å². The van der Waals surface area contributed by atoms with Gasteiger partial charge in [0.15, 0.2) is 11.1 Å². The summed E-state index contributed by atoms with van der Waals surface area (Å²) in [5, 5.41) is 36.4. The summed E-state index contributed by atoms with van der Waals surface area (Å²) in [7, 11) is 0. The zero-order chi connectivity index (χ0) is 29.1. The molecule has 0 saturated heterocycles. The highest BCUT2D eigenvalue weighted by Crippen LogP contribution is 2.46. The number of aliphatic hydroxyl groups excluding tert-OH is 1. The number of carboxylic acid groups (broad SMARTS) is 1. The van der Waals surface area contributed by atoms with E-state index in [2.05, 4.69) is 12.1 Å². The summed E-state index contributed by atoms with van der Waals surface area (Å²) < 4.78 is 10.6. The van der Waals surface area contributed by atoms with Crippen LogP contribution in [0, 0.1) is 34.5 Å². The Bertz CT molecular complexity index is 1310. The van der Waals surface area contributed by atoms with Crippen molar-refractivity contribution >= 4 is 11.9 Å². The molecule has 2 N–H and O–H groups in total. The van der Waals surface area contributed by atoms with Crippen molar-refractivity contribution in [2.45, 2.75) is 51.4 Å². The lowest BCUT2D eigenvalue weighted by Crippen LogP contribution is -2.27. The molecule has 0 aromatic heterocycles. The number of allylic oxidation sites excluding steroid dienone is 2. The second-order valence-corrected chi connectivity index (χ2v) is 9.73. The molecular weight excluding hydrogens is 508 g/mol. The van der Waals surface area contributed by atoms with Crippen LogP contribution < -0.4 is 0 Å². The lowest BCUT2D eigenvalue weighted by Gasteiger charge is -2.37. The molecule has 0 atom stereocenters. The molecule has 2 aliphatic carbocycles. The molecule has 0 bridgehead atoms. The van der Waals surface area contributed by atoms with Crippen molar-refractivity contribution in [1.82, 2.24) is 0 Å². The van der Waals surface area contributed by atoms with Crippen LogP contribution in [0.4, 0.5) is 0 Å². The summed E-state index contributed by atoms with van der Waals surface area (Å²) in [6.07, 6.45) is 3.16. The summed E-state index contributed by atoms with van der Waals surface area (Å²) in [5.74, 6) is -1.02. The second kappa shape index (κ2) is 14.6. The summed E-state index contributed by atoms with van der Waals surface area (Å²) in [6, 6.07) is 23.7. The maximum absolute atomic E-state index is 11.9. The molecule has 2 aromatic rings. The Morgan fingerprint density at radius 3 is 1.60 bits per heavy atom. The van der Waals surface area contributed by atoms with E-state index in [-0.39, 0.29) is 29.8 Å². The molecule has 2 aliphatic rings. The van der Waals surface area contributed by atoms with Crippen LogP contribution in [0.2, 0.25) is 0 Å². The van der Waals surface area contributed by atoms with Crippen molar-refractivity contribution in [2.75, 3.05) is 13.2 Å². The van der Waals surface area contributed by atoms with Crippen molar-refractivity contribution in [3.05, 3.63) is 94.5 Å². The van der Waals surface area contributed by atoms with Gasteiger partial charge in [-0.25, -0.2) is 9.59 Å². The molecule has 0 unspecified atom stereocenters. The molecule has 208 valence electrons. The third-order valence-corrected chi connectivity index (χ3v) is 7.29. The molecule has 0 spiro atoms. The number of aliphatic hydroxyl groups is 1. The van der Waals surface area contributed by atoms with Crippen LogP contribution in [0.25, 0.3) is 0 Å². The predicted molar refractivity (Wildman–Crippen MR) is 148 cm³/mol. The summed E-state index contributed by atoms with van der Waals surface area (Å²) in [6.45, 7) is 4.27. The molecule has 8 heteroatoms. The quantitative estimate of drug-likeness (QED) is 0.166. The van der Waals surface area contributed by atoms with Crippen LogP contribution in [0.15, 0.2) is 83.3 Å². The number of nitrogens with zero attached hydrogens (tertiary/aromatic N) is 2. The van der Waals surface area contributed by atoms with Gasteiger partial charge in [0.1, 0.15) is 23.7 Å². The number of ether oxygens (including phenoxy) is 2. The monoisotopic (exact) mass is 542 g/mol. The van der Waals surface area contributed by atoms with E-state index in [1.807, 2.05) is 61.5 Å². The normalized spacial score (nSPS) is 22.2. The SMILES string of the molecule is CCOC(=O)C(C#N)=C(OCC)C1CC(c2ccccc2)C1.N#CC(C(=O)O)=C(O)C1CC(c2ccccc2)C1. The molecule has 2 saturated carbocycles. The van der Waals surface area contributed by atoms with E-state index < -0.39 is 17.5 Å². The first-order chi connectivity index (χ1) is 19.3. The minimum atomic E-state index is -1.36. The minimum Gasteiger partial charge on any atom is -0.510 e. The Balaban J connectivity index is 0.000000225. The molecule has 0 amide bonds. The fourth-order valence-corrected chi connectivity index (χ4v) is 5.04. The number of esters is 1. The predicted octanol–water partition coefficient (Wildman–Crippen LogP) is 6.16. The van der Waals surface area contributed by atoms with Gasteiger partial charge in [-0.2, -0.15) is 10.5 Å². The molecule has 0 radical (unpaired) electrons. The van der Waals surface area contributed by atoms with E-state index in [1.165, 1.54) is 17.2 Å². The van der Waals surface area contributed by atoms with Crippen molar-refractivity contribution in [3.63, 3.8) is 0 Å². The van der Waals surface area contributed by atoms with Gasteiger partial charge < -0.3 is 19.7 Å². The van der Waals surface area contributed by atoms with Crippen molar-refractivity contribution in [3.8, 4) is 12.1 Å². The van der Waals surface area contributed by atoms with Crippen molar-refractivity contribution in [2.24, 2.45) is 11.8 Å². The van der Waals surface area contributed by atoms with Crippen LogP contribution in [0.5, 0.6) is 0 Å². The van der Waals surface area contributed by atoms with Gasteiger partial charge in [0.2, 0.25) is 0 Å². The third kappa shape index (κ3) is 7.30. The number of benzene rings is 2. The maximum atomic E-state index is 11.9. The highest BCUT2D eigenvalue weighted by atomic mass is 16.5. The molecule has 2 aromatic carbocycles. The largest absolute Gasteiger partial charge is 0.510 e. The fourth-order valence-electron chi connectivity index (χ4n) is 5.04. The first-order valence-electron chi connectivity index (χ1n) is 13.4. The van der Waals surface area contributed by atoms with Crippen LogP contribution >= 0.6 is 0 Å². The van der Waals surface area contributed by atoms with Crippen LogP contribution in [-0.2, 0) is 19.1 Å². The Morgan fingerprint density at radius 1 is 0.750 bits per heavy atom. The number of carboxylic acids is 1. The van der Waals surface area contributed by atoms with Gasteiger partial charge in [0.25, 0.3) is 0 Å². The summed E-state index contributed by atoms with van der Waals surface area (Å²) in [5.41, 5.74) is 1.96. The van der Waals surface area contributed by atoms with Crippen LogP contribution in [-0.4, -0.2) is 35.4 Å². The van der Waals surface area contributed by atoms with E-state index >= 15 is 0 Å². The highest BCUT2D eigenvalue weighted by Gasteiger charge is 2.37. The summed E-state index contributed by atoms with van der Waals surface area (Å²) >= 11 is 0. The number of rotatable bonds is 9. The minimum absolute atomic E-state index is 0.0141. The van der Waals surface area contributed by atoms with Gasteiger partial charge >= 0.3 is 11.9 Å². The number of carbonyl (C=O) groups excluding carboxylic acids is 1. The molecule has 0 heterocycles. The number of nitriles is 2. The summed E-state index contributed by atoms with van der Waals surface area (Å²) in [4.78, 5) is 22.6. The molecule has 2 fully saturated rings. The molecule has 0 aliphatic heterocycles. The zero-order valence-electron chi connectivity index (χ0n) is 22.7. The number of hydrogen-bond donors (Lipinski definition) is 2. The number of carbonyl (C=O) groups is 2. The Morgan fingerprint density at radius 2 is 1.20 bits per heavy atom. The Labute approximate surface area is 234 Å². The van der Waals surface area contributed by atoms with E-state index in [1.54, 1.807) is 6.92 Å². The first kappa shape index (κ1) is 30.0. The second-order valence-electron chi connectivity index (χ2n) is 9.73. The molecule has 8 nitrogen and oxygen atoms in total. The number of aliphatic carboxylic acids is 1. The van der Waals surface area contributed by atoms with Gasteiger partial charge in [-0.3, -0.25) is 0 Å². The van der Waals surface area contributed by atoms with Gasteiger partial charge in [-0.15, -0.1) is 0 Å². The molecule has 40 heavy (non-hydrogen) atoms. The maximum Gasteiger partial charge on any atom is 0.352 e. The van der Waals surface area contributed by atoms with Gasteiger partial charge in [-0.1, -0.05) is 60.7 Å². The smallest absolute Gasteiger partial charge is 0.352 e. The molecule has 4 rings (SSSR count). The lowest BCUT2D eigenvalue weighted by molar-refractivity contribution is -0.138. The van der Waals surface area contributed by atoms with Crippen molar-refractivity contribution < 1.29 is 29.3 Å². The third-order valence-electron chi connectivity index (χ3n) is 7.29. The van der Waals surface area contributed by atoms with Gasteiger partial charge in [0.05, 0.1) is 13.2 Å². The van der Waals surface area contributed by atoms with Crippen molar-refractivity contribution in [1.29, 1.82) is 10.5 Å². The average Bonchev–Trinajstić information content (AvgIpc) is 2.89. The highest BCUT2D eigenvalue weighted by molar-refractivity contribution is 5.93. The van der Waals surface area contributed by atoms with Gasteiger partial charge in [0, 0.05) is 11.8 Å². The zero-order valence-corrected chi connectivity index (χ0v) is 22.7. The average molecular weight is 543 g/mol. The first-order valence-corrected chi connectivity index (χ1v) is 13.4. The molecular formula is C32H34N2O6. The van der Waals surface area contributed by atoms with Crippen LogP contribution in [0.1, 0.15) is 62.5 Å². The van der Waals surface area contributed by atoms with Gasteiger partial charge in [-0.05, 0) is 62.5 Å². The Kier molecular flexibility index (Phi) is 10.9. The Hall–Kier alpha value is -4.56. The van der Waals surface area contributed by atoms with E-state index in [9.17, 15) is 20.0 Å². The fraction of sp³-hybridized carbons (Fsp3) is 0.375.